The Labute approximate surface area is 114 Å². The summed E-state index contributed by atoms with van der Waals surface area (Å²) in [6, 6.07) is 5.75. The molecule has 4 N–H and O–H groups in total. The molecule has 0 heterocycles. The first kappa shape index (κ1) is 13.7. The van der Waals surface area contributed by atoms with Gasteiger partial charge in [-0.05, 0) is 49.8 Å². The Morgan fingerprint density at radius 2 is 1.89 bits per heavy atom. The molecule has 0 radical (unpaired) electrons. The summed E-state index contributed by atoms with van der Waals surface area (Å²) in [5.74, 6) is 0.409. The molecule has 1 aromatic rings. The summed E-state index contributed by atoms with van der Waals surface area (Å²) in [5, 5.41) is 0. The summed E-state index contributed by atoms with van der Waals surface area (Å²) in [5.41, 5.74) is 13.4. The van der Waals surface area contributed by atoms with Crippen molar-refractivity contribution in [2.24, 2.45) is 11.7 Å². The van der Waals surface area contributed by atoms with Gasteiger partial charge in [-0.15, -0.1) is 0 Å². The van der Waals surface area contributed by atoms with Crippen molar-refractivity contribution >= 4 is 17.3 Å². The van der Waals surface area contributed by atoms with Crippen molar-refractivity contribution < 1.29 is 4.79 Å². The van der Waals surface area contributed by atoms with Gasteiger partial charge in [0.2, 0.25) is 0 Å². The number of nitrogens with two attached hydrogens (primary N) is 2. The fourth-order valence-corrected chi connectivity index (χ4v) is 2.88. The van der Waals surface area contributed by atoms with Crippen molar-refractivity contribution in [2.45, 2.75) is 38.6 Å². The quantitative estimate of drug-likeness (QED) is 0.820. The molecule has 1 aliphatic rings. The van der Waals surface area contributed by atoms with Gasteiger partial charge < -0.3 is 16.4 Å². The van der Waals surface area contributed by atoms with Crippen LogP contribution in [0.2, 0.25) is 0 Å². The molecule has 0 saturated heterocycles. The molecule has 1 aromatic carbocycles. The lowest BCUT2D eigenvalue weighted by Crippen LogP contribution is -2.36. The standard InChI is InChI=1S/C15H23N3O/c1-10-3-6-12(7-4-10)18(2)14-9-11(16)5-8-13(14)15(17)19/h5,8-10,12H,3-4,6-7,16H2,1-2H3,(H2,17,19). The van der Waals surface area contributed by atoms with Gasteiger partial charge >= 0.3 is 0 Å². The Balaban J connectivity index is 2.25. The predicted octanol–water partition coefficient (Wildman–Crippen LogP) is 2.38. The average molecular weight is 261 g/mol. The highest BCUT2D eigenvalue weighted by Crippen LogP contribution is 2.31. The highest BCUT2D eigenvalue weighted by molar-refractivity contribution is 5.99. The lowest BCUT2D eigenvalue weighted by atomic mass is 9.86. The van der Waals surface area contributed by atoms with Crippen LogP contribution in [-0.4, -0.2) is 19.0 Å². The smallest absolute Gasteiger partial charge is 0.250 e. The summed E-state index contributed by atoms with van der Waals surface area (Å²) in [6.07, 6.45) is 4.79. The number of primary amides is 1. The normalized spacial score (nSPS) is 23.1. The van der Waals surface area contributed by atoms with Crippen LogP contribution in [0.15, 0.2) is 18.2 Å². The molecule has 0 aromatic heterocycles. The van der Waals surface area contributed by atoms with Crippen LogP contribution in [-0.2, 0) is 0 Å². The van der Waals surface area contributed by atoms with Crippen molar-refractivity contribution in [1.29, 1.82) is 0 Å². The third-order valence-electron chi connectivity index (χ3n) is 4.20. The molecule has 0 bridgehead atoms. The molecule has 1 amide bonds. The Bertz CT molecular complexity index is 464. The van der Waals surface area contributed by atoms with Crippen LogP contribution in [0, 0.1) is 5.92 Å². The third kappa shape index (κ3) is 3.00. The van der Waals surface area contributed by atoms with Crippen molar-refractivity contribution in [1.82, 2.24) is 0 Å². The molecule has 1 aliphatic carbocycles. The van der Waals surface area contributed by atoms with Crippen LogP contribution in [0.1, 0.15) is 43.0 Å². The maximum Gasteiger partial charge on any atom is 0.250 e. The van der Waals surface area contributed by atoms with Crippen molar-refractivity contribution in [2.75, 3.05) is 17.7 Å². The number of carbonyl (C=O) groups excluding carboxylic acids is 1. The van der Waals surface area contributed by atoms with Crippen LogP contribution >= 0.6 is 0 Å². The molecule has 0 unspecified atom stereocenters. The summed E-state index contributed by atoms with van der Waals surface area (Å²) in [7, 11) is 2.03. The van der Waals surface area contributed by atoms with Crippen molar-refractivity contribution in [3.05, 3.63) is 23.8 Å². The first-order valence-electron chi connectivity index (χ1n) is 6.91. The second kappa shape index (κ2) is 5.51. The first-order chi connectivity index (χ1) is 8.99. The summed E-state index contributed by atoms with van der Waals surface area (Å²) in [6.45, 7) is 2.30. The Morgan fingerprint density at radius 1 is 1.26 bits per heavy atom. The van der Waals surface area contributed by atoms with Gasteiger partial charge in [-0.25, -0.2) is 0 Å². The zero-order valence-corrected chi connectivity index (χ0v) is 11.7. The summed E-state index contributed by atoms with van der Waals surface area (Å²) < 4.78 is 0. The minimum absolute atomic E-state index is 0.397. The lowest BCUT2D eigenvalue weighted by Gasteiger charge is -2.35. The van der Waals surface area contributed by atoms with Gasteiger partial charge in [-0.1, -0.05) is 6.92 Å². The molecule has 19 heavy (non-hydrogen) atoms. The molecular formula is C15H23N3O. The number of rotatable bonds is 3. The van der Waals surface area contributed by atoms with Gasteiger partial charge in [0, 0.05) is 18.8 Å². The minimum Gasteiger partial charge on any atom is -0.399 e. The SMILES string of the molecule is CC1CCC(N(C)c2cc(N)ccc2C(N)=O)CC1. The average Bonchev–Trinajstić information content (AvgIpc) is 2.38. The predicted molar refractivity (Wildman–Crippen MR) is 79.2 cm³/mol. The molecule has 1 fully saturated rings. The second-order valence-electron chi connectivity index (χ2n) is 5.67. The van der Waals surface area contributed by atoms with E-state index in [1.807, 2.05) is 13.1 Å². The number of benzene rings is 1. The van der Waals surface area contributed by atoms with Gasteiger partial charge in [0.05, 0.1) is 11.3 Å². The molecule has 4 nitrogen and oxygen atoms in total. The molecule has 0 atom stereocenters. The molecule has 2 rings (SSSR count). The topological polar surface area (TPSA) is 72.3 Å². The minimum atomic E-state index is -0.397. The van der Waals surface area contributed by atoms with Crippen LogP contribution in [0.5, 0.6) is 0 Å². The largest absolute Gasteiger partial charge is 0.399 e. The molecular weight excluding hydrogens is 238 g/mol. The Kier molecular flexibility index (Phi) is 3.98. The molecule has 0 spiro atoms. The van der Waals surface area contributed by atoms with Gasteiger partial charge in [0.15, 0.2) is 0 Å². The van der Waals surface area contributed by atoms with Gasteiger partial charge in [0.25, 0.3) is 5.91 Å². The maximum atomic E-state index is 11.5. The summed E-state index contributed by atoms with van der Waals surface area (Å²) in [4.78, 5) is 13.7. The van der Waals surface area contributed by atoms with Gasteiger partial charge in [0.1, 0.15) is 0 Å². The fraction of sp³-hybridized carbons (Fsp3) is 0.533. The van der Waals surface area contributed by atoms with Gasteiger partial charge in [-0.2, -0.15) is 0 Å². The monoisotopic (exact) mass is 261 g/mol. The number of nitrogen functional groups attached to an aromatic ring is 1. The lowest BCUT2D eigenvalue weighted by molar-refractivity contribution is 0.100. The van der Waals surface area contributed by atoms with E-state index in [1.165, 1.54) is 12.8 Å². The van der Waals surface area contributed by atoms with E-state index in [-0.39, 0.29) is 0 Å². The number of amides is 1. The van der Waals surface area contributed by atoms with Crippen LogP contribution in [0.3, 0.4) is 0 Å². The number of anilines is 2. The molecule has 1 saturated carbocycles. The van der Waals surface area contributed by atoms with Gasteiger partial charge in [-0.3, -0.25) is 4.79 Å². The van der Waals surface area contributed by atoms with E-state index in [4.69, 9.17) is 11.5 Å². The van der Waals surface area contributed by atoms with Crippen LogP contribution in [0.4, 0.5) is 11.4 Å². The van der Waals surface area contributed by atoms with E-state index in [2.05, 4.69) is 11.8 Å². The van der Waals surface area contributed by atoms with E-state index in [0.717, 1.165) is 24.4 Å². The molecule has 104 valence electrons. The molecule has 4 heteroatoms. The zero-order chi connectivity index (χ0) is 14.0. The second-order valence-corrected chi connectivity index (χ2v) is 5.67. The number of carbonyl (C=O) groups is 1. The highest BCUT2D eigenvalue weighted by Gasteiger charge is 2.24. The maximum absolute atomic E-state index is 11.5. The number of hydrogen-bond acceptors (Lipinski definition) is 3. The van der Waals surface area contributed by atoms with Crippen LogP contribution in [0.25, 0.3) is 0 Å². The zero-order valence-electron chi connectivity index (χ0n) is 11.7. The van der Waals surface area contributed by atoms with E-state index >= 15 is 0 Å². The van der Waals surface area contributed by atoms with Crippen molar-refractivity contribution in [3.8, 4) is 0 Å². The van der Waals surface area contributed by atoms with Crippen LogP contribution < -0.4 is 16.4 Å². The fourth-order valence-electron chi connectivity index (χ4n) is 2.88. The Morgan fingerprint density at radius 3 is 2.47 bits per heavy atom. The van der Waals surface area contributed by atoms with E-state index in [0.29, 0.717) is 17.3 Å². The number of nitrogens with zero attached hydrogens (tertiary/aromatic N) is 1. The van der Waals surface area contributed by atoms with E-state index in [9.17, 15) is 4.79 Å². The highest BCUT2D eigenvalue weighted by atomic mass is 16.1. The Hall–Kier alpha value is -1.71. The van der Waals surface area contributed by atoms with Crippen molar-refractivity contribution in [3.63, 3.8) is 0 Å². The summed E-state index contributed by atoms with van der Waals surface area (Å²) >= 11 is 0. The van der Waals surface area contributed by atoms with E-state index < -0.39 is 5.91 Å². The van der Waals surface area contributed by atoms with E-state index in [1.54, 1.807) is 12.1 Å². The number of hydrogen-bond donors (Lipinski definition) is 2. The first-order valence-corrected chi connectivity index (χ1v) is 6.91. The third-order valence-corrected chi connectivity index (χ3v) is 4.20. The molecule has 0 aliphatic heterocycles.